The molecular formula is C11H14Cs2N2O3. The fourth-order valence-corrected chi connectivity index (χ4v) is 1.56. The summed E-state index contributed by atoms with van der Waals surface area (Å²) in [4.78, 5) is 10.7. The van der Waals surface area contributed by atoms with Gasteiger partial charge < -0.3 is 25.2 Å². The number of hydrogen-bond acceptors (Lipinski definition) is 5. The van der Waals surface area contributed by atoms with Gasteiger partial charge in [0.2, 0.25) is 0 Å². The van der Waals surface area contributed by atoms with Crippen molar-refractivity contribution in [2.75, 3.05) is 31.1 Å². The van der Waals surface area contributed by atoms with E-state index in [9.17, 15) is 0 Å². The molecule has 1 N–H and O–H groups in total. The van der Waals surface area contributed by atoms with Gasteiger partial charge in [-0.15, -0.1) is 0 Å². The van der Waals surface area contributed by atoms with Crippen molar-refractivity contribution in [3.63, 3.8) is 0 Å². The number of nitrogens with zero attached hydrogens (tertiary/aromatic N) is 1. The molecule has 0 spiro atoms. The maximum absolute atomic E-state index is 8.33. The third-order valence-electron chi connectivity index (χ3n) is 2.24. The van der Waals surface area contributed by atoms with Crippen LogP contribution >= 0.6 is 0 Å². The number of carbonyl (C=O) groups is 1. The molecule has 0 atom stereocenters. The number of para-hydroxylation sites is 1. The van der Waals surface area contributed by atoms with Crippen LogP contribution in [0, 0.1) is 0 Å². The molecule has 0 saturated carbocycles. The summed E-state index contributed by atoms with van der Waals surface area (Å²) < 4.78 is 0. The average molecular weight is 488 g/mol. The predicted molar refractivity (Wildman–Crippen MR) is 56.9 cm³/mol. The van der Waals surface area contributed by atoms with Gasteiger partial charge >= 0.3 is 138 Å². The molecule has 0 amide bonds. The van der Waals surface area contributed by atoms with Crippen LogP contribution in [0.1, 0.15) is 0 Å². The second-order valence-corrected chi connectivity index (χ2v) is 3.32. The Labute approximate surface area is 225 Å². The summed E-state index contributed by atoms with van der Waals surface area (Å²) >= 11 is 0. The van der Waals surface area contributed by atoms with E-state index in [1.165, 1.54) is 5.69 Å². The number of carboxylic acid groups (broad SMARTS) is 2. The van der Waals surface area contributed by atoms with E-state index in [1.54, 1.807) is 0 Å². The zero-order valence-corrected chi connectivity index (χ0v) is 23.4. The summed E-state index contributed by atoms with van der Waals surface area (Å²) in [5, 5.41) is 20.0. The van der Waals surface area contributed by atoms with E-state index in [2.05, 4.69) is 40.5 Å². The fraction of sp³-hybridized carbons (Fsp3) is 0.364. The van der Waals surface area contributed by atoms with Gasteiger partial charge in [0.25, 0.3) is 0 Å². The van der Waals surface area contributed by atoms with E-state index in [4.69, 9.17) is 15.0 Å². The molecule has 1 saturated heterocycles. The van der Waals surface area contributed by atoms with Crippen LogP contribution in [0.4, 0.5) is 10.5 Å². The molecule has 2 rings (SSSR count). The van der Waals surface area contributed by atoms with Crippen LogP contribution in [-0.4, -0.2) is 32.3 Å². The molecule has 18 heavy (non-hydrogen) atoms. The van der Waals surface area contributed by atoms with Crippen molar-refractivity contribution >= 4 is 11.8 Å². The minimum atomic E-state index is -2.33. The van der Waals surface area contributed by atoms with Crippen LogP contribution < -0.4 is 158 Å². The maximum Gasteiger partial charge on any atom is 1.00 e. The van der Waals surface area contributed by atoms with Crippen molar-refractivity contribution < 1.29 is 153 Å². The summed E-state index contributed by atoms with van der Waals surface area (Å²) in [5.41, 5.74) is 1.35. The Hall–Kier alpha value is 2.35. The SMILES string of the molecule is O=C([O-])[O-].[Cs+].[Cs+].c1ccc(N2CCNCC2)cc1. The molecule has 1 fully saturated rings. The van der Waals surface area contributed by atoms with E-state index in [-0.39, 0.29) is 138 Å². The molecule has 88 valence electrons. The van der Waals surface area contributed by atoms with E-state index >= 15 is 0 Å². The molecule has 1 aliphatic heterocycles. The first-order chi connectivity index (χ1) is 7.70. The fourth-order valence-electron chi connectivity index (χ4n) is 1.56. The Morgan fingerprint density at radius 2 is 1.50 bits per heavy atom. The Balaban J connectivity index is 0. The third kappa shape index (κ3) is 11.1. The molecule has 1 aliphatic rings. The second-order valence-electron chi connectivity index (χ2n) is 3.32. The average Bonchev–Trinajstić information content (AvgIpc) is 2.31. The maximum atomic E-state index is 8.33. The predicted octanol–water partition coefficient (Wildman–Crippen LogP) is -7.34. The first-order valence-electron chi connectivity index (χ1n) is 5.09. The topological polar surface area (TPSA) is 78.5 Å². The Kier molecular flexibility index (Phi) is 18.0. The van der Waals surface area contributed by atoms with Crippen molar-refractivity contribution in [3.05, 3.63) is 30.3 Å². The van der Waals surface area contributed by atoms with Crippen molar-refractivity contribution in [1.82, 2.24) is 5.32 Å². The molecule has 0 bridgehead atoms. The van der Waals surface area contributed by atoms with Crippen molar-refractivity contribution in [2.45, 2.75) is 0 Å². The van der Waals surface area contributed by atoms with Gasteiger partial charge in [0.1, 0.15) is 0 Å². The molecule has 1 aromatic carbocycles. The van der Waals surface area contributed by atoms with Gasteiger partial charge in [-0.3, -0.25) is 0 Å². The largest absolute Gasteiger partial charge is 1.00 e. The smallest absolute Gasteiger partial charge is 0.652 e. The molecule has 1 aromatic rings. The minimum Gasteiger partial charge on any atom is -0.652 e. The summed E-state index contributed by atoms with van der Waals surface area (Å²) in [6, 6.07) is 10.6. The van der Waals surface area contributed by atoms with Gasteiger partial charge in [0.15, 0.2) is 0 Å². The Morgan fingerprint density at radius 1 is 1.06 bits per heavy atom. The van der Waals surface area contributed by atoms with Gasteiger partial charge in [-0.2, -0.15) is 0 Å². The standard InChI is InChI=1S/C10H14N2.CH2O3.2Cs/c1-2-4-10(5-3-1)12-8-6-11-7-9-12;2-1(3)4;;/h1-5,11H,6-9H2;(H2,2,3,4);;/q;;2*+1/p-2. The van der Waals surface area contributed by atoms with Crippen molar-refractivity contribution in [3.8, 4) is 0 Å². The van der Waals surface area contributed by atoms with Gasteiger partial charge in [-0.1, -0.05) is 18.2 Å². The monoisotopic (exact) mass is 488 g/mol. The molecular weight excluding hydrogens is 474 g/mol. The number of benzene rings is 1. The zero-order chi connectivity index (χ0) is 11.8. The van der Waals surface area contributed by atoms with Gasteiger partial charge in [-0.25, -0.2) is 0 Å². The van der Waals surface area contributed by atoms with Gasteiger partial charge in [0.05, 0.1) is 0 Å². The first kappa shape index (κ1) is 22.6. The summed E-state index contributed by atoms with van der Waals surface area (Å²) in [5.74, 6) is 0. The summed E-state index contributed by atoms with van der Waals surface area (Å²) in [6.45, 7) is 4.47. The van der Waals surface area contributed by atoms with Crippen LogP contribution in [0.25, 0.3) is 0 Å². The van der Waals surface area contributed by atoms with Crippen LogP contribution in [0.15, 0.2) is 30.3 Å². The number of rotatable bonds is 1. The number of carbonyl (C=O) groups excluding carboxylic acids is 1. The van der Waals surface area contributed by atoms with Crippen LogP contribution in [-0.2, 0) is 0 Å². The molecule has 0 aromatic heterocycles. The molecule has 1 heterocycles. The van der Waals surface area contributed by atoms with Crippen LogP contribution in [0.5, 0.6) is 0 Å². The van der Waals surface area contributed by atoms with Crippen LogP contribution in [0.2, 0.25) is 0 Å². The molecule has 5 nitrogen and oxygen atoms in total. The van der Waals surface area contributed by atoms with E-state index < -0.39 is 6.16 Å². The number of piperazine rings is 1. The molecule has 7 heteroatoms. The number of anilines is 1. The molecule has 0 unspecified atom stereocenters. The molecule has 0 aliphatic carbocycles. The van der Waals surface area contributed by atoms with E-state index in [0.717, 1.165) is 26.2 Å². The minimum absolute atomic E-state index is 0. The normalized spacial score (nSPS) is 13.2. The Bertz CT molecular complexity index is 315. The van der Waals surface area contributed by atoms with Crippen molar-refractivity contribution in [1.29, 1.82) is 0 Å². The van der Waals surface area contributed by atoms with E-state index in [1.807, 2.05) is 0 Å². The Morgan fingerprint density at radius 3 is 1.94 bits per heavy atom. The first-order valence-corrected chi connectivity index (χ1v) is 5.09. The zero-order valence-electron chi connectivity index (χ0n) is 10.9. The van der Waals surface area contributed by atoms with Crippen LogP contribution in [0.3, 0.4) is 0 Å². The summed E-state index contributed by atoms with van der Waals surface area (Å²) in [6.07, 6.45) is -2.33. The quantitative estimate of drug-likeness (QED) is 0.426. The summed E-state index contributed by atoms with van der Waals surface area (Å²) in [7, 11) is 0. The number of hydrogen-bond donors (Lipinski definition) is 1. The van der Waals surface area contributed by atoms with Gasteiger partial charge in [-0.05, 0) is 18.3 Å². The number of nitrogens with one attached hydrogen (secondary N) is 1. The van der Waals surface area contributed by atoms with Crippen molar-refractivity contribution in [2.24, 2.45) is 0 Å². The van der Waals surface area contributed by atoms with E-state index in [0.29, 0.717) is 0 Å². The third-order valence-corrected chi connectivity index (χ3v) is 2.24. The van der Waals surface area contributed by atoms with Gasteiger partial charge in [0, 0.05) is 31.9 Å². The second kappa shape index (κ2) is 14.3. The molecule has 0 radical (unpaired) electrons.